The number of aryl methyl sites for hydroxylation is 1. The van der Waals surface area contributed by atoms with E-state index in [-0.39, 0.29) is 54.8 Å². The van der Waals surface area contributed by atoms with Crippen molar-refractivity contribution in [1.82, 2.24) is 4.57 Å². The molecule has 0 radical (unpaired) electrons. The van der Waals surface area contributed by atoms with Gasteiger partial charge in [-0.25, -0.2) is 13.6 Å². The number of hydrogen-bond donors (Lipinski definition) is 2. The van der Waals surface area contributed by atoms with E-state index in [0.29, 0.717) is 38.5 Å². The van der Waals surface area contributed by atoms with Crippen molar-refractivity contribution in [3.8, 4) is 28.4 Å². The van der Waals surface area contributed by atoms with Crippen molar-refractivity contribution < 1.29 is 37.7 Å². The molecule has 0 amide bonds. The average Bonchev–Trinajstić information content (AvgIpc) is 3.58. The lowest BCUT2D eigenvalue weighted by Crippen LogP contribution is -2.06. The zero-order chi connectivity index (χ0) is 40.4. The van der Waals surface area contributed by atoms with Crippen molar-refractivity contribution in [2.45, 2.75) is 39.9 Å². The number of carboxylic acids is 1. The number of aromatic carboxylic acids is 1. The summed E-state index contributed by atoms with van der Waals surface area (Å²) >= 11 is 12.3. The van der Waals surface area contributed by atoms with E-state index < -0.39 is 5.97 Å². The summed E-state index contributed by atoms with van der Waals surface area (Å²) in [5.41, 5.74) is 5.98. The molecule has 0 fully saturated rings. The Labute approximate surface area is 333 Å². The molecule has 8 nitrogen and oxygen atoms in total. The van der Waals surface area contributed by atoms with E-state index in [2.05, 4.69) is 5.32 Å². The number of nitrogens with zero attached hydrogens (tertiary/aromatic N) is 1. The minimum atomic E-state index is -1.01. The molecule has 1 heterocycles. The largest absolute Gasteiger partial charge is 0.488 e. The van der Waals surface area contributed by atoms with Crippen LogP contribution in [-0.4, -0.2) is 34.3 Å². The Bertz CT molecular complexity index is 2340. The zero-order valence-corrected chi connectivity index (χ0v) is 32.3. The molecule has 0 saturated heterocycles. The molecule has 0 atom stereocenters. The molecule has 5 aromatic carbocycles. The number of aromatic nitrogens is 1. The number of ketones is 2. The van der Waals surface area contributed by atoms with Gasteiger partial charge in [0.2, 0.25) is 0 Å². The molecular weight excluding hydrogens is 761 g/mol. The van der Waals surface area contributed by atoms with E-state index >= 15 is 0 Å². The quantitative estimate of drug-likeness (QED) is 0.106. The number of halogens is 4. The van der Waals surface area contributed by atoms with E-state index in [1.165, 1.54) is 37.3 Å². The maximum Gasteiger partial charge on any atom is 0.335 e. The van der Waals surface area contributed by atoms with Crippen LogP contribution in [0.15, 0.2) is 115 Å². The Morgan fingerprint density at radius 3 is 1.86 bits per heavy atom. The van der Waals surface area contributed by atoms with Crippen molar-refractivity contribution >= 4 is 46.4 Å². The minimum absolute atomic E-state index is 0.0471. The van der Waals surface area contributed by atoms with Crippen molar-refractivity contribution in [2.24, 2.45) is 0 Å². The van der Waals surface area contributed by atoms with Gasteiger partial charge in [-0.1, -0.05) is 47.5 Å². The zero-order valence-electron chi connectivity index (χ0n) is 30.7. The molecule has 0 spiro atoms. The lowest BCUT2D eigenvalue weighted by molar-refractivity contribution is -0.117. The highest BCUT2D eigenvalue weighted by Gasteiger charge is 2.18. The summed E-state index contributed by atoms with van der Waals surface area (Å²) in [4.78, 5) is 34.9. The van der Waals surface area contributed by atoms with E-state index in [1.54, 1.807) is 67.7 Å². The lowest BCUT2D eigenvalue weighted by Gasteiger charge is -2.17. The van der Waals surface area contributed by atoms with Crippen LogP contribution < -0.4 is 14.8 Å². The van der Waals surface area contributed by atoms with Crippen LogP contribution in [0.2, 0.25) is 10.0 Å². The van der Waals surface area contributed by atoms with Crippen LogP contribution in [0.5, 0.6) is 11.5 Å². The topological polar surface area (TPSA) is 107 Å². The maximum absolute atomic E-state index is 13.2. The Morgan fingerprint density at radius 1 is 0.714 bits per heavy atom. The standard InChI is InChI=1S/C26H22ClFN2O3.C18H16ClFO3/c1-16-3-9-24(30(16)22-12-18(26(31)32)11-21(14-22)29-2)23-13-19(27)6-10-25(23)33-15-17-4-7-20(28)8-5-17;1-12(21)2-8-17(22)16-10-14(19)5-9-18(16)23-11-13-3-6-15(20)7-4-13/h3-14,29H,15H2,1-2H3,(H,31,32);3-7,9-10H,2,8,11H2,1H3. The molecule has 2 N–H and O–H groups in total. The van der Waals surface area contributed by atoms with Crippen molar-refractivity contribution in [2.75, 3.05) is 12.4 Å². The van der Waals surface area contributed by atoms with Gasteiger partial charge < -0.3 is 29.3 Å². The monoisotopic (exact) mass is 798 g/mol. The van der Waals surface area contributed by atoms with Gasteiger partial charge in [0, 0.05) is 52.6 Å². The molecule has 0 aliphatic heterocycles. The molecule has 0 aliphatic rings. The van der Waals surface area contributed by atoms with Crippen LogP contribution in [0.3, 0.4) is 0 Å². The lowest BCUT2D eigenvalue weighted by atomic mass is 10.0. The van der Waals surface area contributed by atoms with Crippen molar-refractivity contribution in [3.63, 3.8) is 0 Å². The number of carbonyl (C=O) groups is 3. The molecule has 288 valence electrons. The summed E-state index contributed by atoms with van der Waals surface area (Å²) < 4.78 is 39.8. The summed E-state index contributed by atoms with van der Waals surface area (Å²) in [5.74, 6) is -0.876. The minimum Gasteiger partial charge on any atom is -0.488 e. The first-order chi connectivity index (χ1) is 26.8. The van der Waals surface area contributed by atoms with Gasteiger partial charge >= 0.3 is 5.97 Å². The van der Waals surface area contributed by atoms with Crippen LogP contribution in [0.1, 0.15) is 57.3 Å². The Morgan fingerprint density at radius 2 is 1.29 bits per heavy atom. The highest BCUT2D eigenvalue weighted by Crippen LogP contribution is 2.37. The number of benzene rings is 5. The Hall–Kier alpha value is -5.97. The third-order valence-electron chi connectivity index (χ3n) is 8.57. The Balaban J connectivity index is 0.000000229. The molecule has 12 heteroatoms. The first-order valence-electron chi connectivity index (χ1n) is 17.4. The number of carboxylic acid groups (broad SMARTS) is 1. The summed E-state index contributed by atoms with van der Waals surface area (Å²) in [6.45, 7) is 3.85. The summed E-state index contributed by atoms with van der Waals surface area (Å²) in [6.07, 6.45) is 0.297. The third-order valence-corrected chi connectivity index (χ3v) is 9.04. The highest BCUT2D eigenvalue weighted by molar-refractivity contribution is 6.31. The average molecular weight is 800 g/mol. The van der Waals surface area contributed by atoms with E-state index in [4.69, 9.17) is 32.7 Å². The molecule has 6 aromatic rings. The number of Topliss-reactive ketones (excluding diaryl/α,β-unsaturated/α-hetero) is 2. The number of ether oxygens (including phenoxy) is 2. The fourth-order valence-corrected chi connectivity index (χ4v) is 6.03. The second kappa shape index (κ2) is 19.1. The molecule has 0 bridgehead atoms. The molecule has 1 aromatic heterocycles. The first-order valence-corrected chi connectivity index (χ1v) is 18.2. The van der Waals surface area contributed by atoms with Gasteiger partial charge in [-0.2, -0.15) is 0 Å². The Kier molecular flexibility index (Phi) is 14.0. The van der Waals surface area contributed by atoms with Gasteiger partial charge in [-0.05, 0) is 116 Å². The summed E-state index contributed by atoms with van der Waals surface area (Å²) in [6, 6.07) is 31.2. The van der Waals surface area contributed by atoms with Gasteiger partial charge in [-0.3, -0.25) is 4.79 Å². The van der Waals surface area contributed by atoms with E-state index in [1.807, 2.05) is 35.8 Å². The van der Waals surface area contributed by atoms with Gasteiger partial charge in [0.05, 0.1) is 16.8 Å². The fraction of sp³-hybridized carbons (Fsp3) is 0.159. The second-order valence-electron chi connectivity index (χ2n) is 12.8. The number of anilines is 1. The summed E-state index contributed by atoms with van der Waals surface area (Å²) in [7, 11) is 1.74. The fourth-order valence-electron chi connectivity index (χ4n) is 5.68. The molecule has 0 unspecified atom stereocenters. The second-order valence-corrected chi connectivity index (χ2v) is 13.6. The number of carbonyl (C=O) groups excluding carboxylic acids is 2. The maximum atomic E-state index is 13.2. The molecule has 56 heavy (non-hydrogen) atoms. The molecule has 0 saturated carbocycles. The van der Waals surface area contributed by atoms with Gasteiger partial charge in [0.15, 0.2) is 5.78 Å². The van der Waals surface area contributed by atoms with E-state index in [0.717, 1.165) is 28.1 Å². The first kappa shape index (κ1) is 41.2. The van der Waals surface area contributed by atoms with Gasteiger partial charge in [0.25, 0.3) is 0 Å². The normalized spacial score (nSPS) is 10.6. The number of hydrogen-bond acceptors (Lipinski definition) is 6. The van der Waals surface area contributed by atoms with Crippen LogP contribution in [0.4, 0.5) is 14.5 Å². The predicted octanol–water partition coefficient (Wildman–Crippen LogP) is 11.2. The van der Waals surface area contributed by atoms with Crippen molar-refractivity contribution in [3.05, 3.63) is 165 Å². The molecule has 6 rings (SSSR count). The number of rotatable bonds is 14. The predicted molar refractivity (Wildman–Crippen MR) is 215 cm³/mol. The van der Waals surface area contributed by atoms with Crippen LogP contribution in [0, 0.1) is 18.6 Å². The highest BCUT2D eigenvalue weighted by atomic mass is 35.5. The van der Waals surface area contributed by atoms with Crippen LogP contribution in [-0.2, 0) is 18.0 Å². The van der Waals surface area contributed by atoms with Crippen LogP contribution in [0.25, 0.3) is 16.9 Å². The third kappa shape index (κ3) is 11.1. The van der Waals surface area contributed by atoms with Gasteiger partial charge in [-0.15, -0.1) is 0 Å². The molecular formula is C44H38Cl2F2N2O6. The van der Waals surface area contributed by atoms with E-state index in [9.17, 15) is 28.3 Å². The van der Waals surface area contributed by atoms with Gasteiger partial charge in [0.1, 0.15) is 42.1 Å². The van der Waals surface area contributed by atoms with Crippen molar-refractivity contribution in [1.29, 1.82) is 0 Å². The summed E-state index contributed by atoms with van der Waals surface area (Å²) in [5, 5.41) is 13.5. The van der Waals surface area contributed by atoms with Crippen LogP contribution >= 0.6 is 23.2 Å². The number of nitrogens with one attached hydrogen (secondary N) is 1. The molecule has 0 aliphatic carbocycles. The smallest absolute Gasteiger partial charge is 0.335 e. The SMILES string of the molecule is CC(=O)CCC(=O)c1cc(Cl)ccc1OCc1ccc(F)cc1.CNc1cc(C(=O)O)cc(-n2c(C)ccc2-c2cc(Cl)ccc2OCc2ccc(F)cc2)c1.